The lowest BCUT2D eigenvalue weighted by molar-refractivity contribution is 1.08. The minimum atomic E-state index is 0.706. The first-order chi connectivity index (χ1) is 23.1. The van der Waals surface area contributed by atoms with Crippen molar-refractivity contribution < 1.29 is 0 Å². The third-order valence-electron chi connectivity index (χ3n) is 7.54. The Morgan fingerprint density at radius 1 is 0.851 bits per heavy atom. The normalized spacial score (nSPS) is 12.4. The molecule has 0 aliphatic heterocycles. The Hall–Kier alpha value is -5.15. The van der Waals surface area contributed by atoms with E-state index in [1.807, 2.05) is 82.3 Å². The van der Waals surface area contributed by atoms with E-state index in [1.165, 1.54) is 44.8 Å². The van der Waals surface area contributed by atoms with Crippen LogP contribution < -0.4 is 22.3 Å². The molecule has 6 rings (SSSR count). The number of nitriles is 1. The Kier molecular flexibility index (Phi) is 16.8. The molecule has 0 bridgehead atoms. The summed E-state index contributed by atoms with van der Waals surface area (Å²) in [6, 6.07) is 33.0. The van der Waals surface area contributed by atoms with Crippen molar-refractivity contribution in [2.24, 2.45) is 11.7 Å². The maximum Gasteiger partial charge on any atom is 0.0991 e. The Balaban J connectivity index is 0.000000506. The number of nitrogens with two attached hydrogens (primary N) is 3. The first-order valence-electron chi connectivity index (χ1n) is 16.3. The molecule has 0 saturated carbocycles. The second-order valence-electron chi connectivity index (χ2n) is 10.4. The number of hydrogen-bond donors (Lipinski definition) is 3. The summed E-state index contributed by atoms with van der Waals surface area (Å²) >= 11 is 0. The maximum absolute atomic E-state index is 9.23. The third-order valence-corrected chi connectivity index (χ3v) is 7.54. The lowest BCUT2D eigenvalue weighted by Gasteiger charge is -2.34. The van der Waals surface area contributed by atoms with Crippen molar-refractivity contribution in [1.82, 2.24) is 0 Å². The summed E-state index contributed by atoms with van der Waals surface area (Å²) in [7, 11) is 2.18. The van der Waals surface area contributed by atoms with E-state index in [1.54, 1.807) is 0 Å². The summed E-state index contributed by atoms with van der Waals surface area (Å²) in [6.45, 7) is 11.9. The number of para-hydroxylation sites is 1. The van der Waals surface area contributed by atoms with Crippen molar-refractivity contribution in [3.05, 3.63) is 161 Å². The predicted molar refractivity (Wildman–Crippen MR) is 205 cm³/mol. The van der Waals surface area contributed by atoms with Gasteiger partial charge in [0.15, 0.2) is 0 Å². The highest BCUT2D eigenvalue weighted by atomic mass is 15.1. The smallest absolute Gasteiger partial charge is 0.0991 e. The Morgan fingerprint density at radius 2 is 1.51 bits per heavy atom. The molecule has 0 aromatic heterocycles. The summed E-state index contributed by atoms with van der Waals surface area (Å²) in [5.74, 6) is 8.00. The van der Waals surface area contributed by atoms with E-state index in [0.717, 1.165) is 36.9 Å². The molecule has 2 aliphatic carbocycles. The van der Waals surface area contributed by atoms with Gasteiger partial charge < -0.3 is 10.6 Å². The Labute approximate surface area is 283 Å². The summed E-state index contributed by atoms with van der Waals surface area (Å²) in [5, 5.41) is 9.23. The van der Waals surface area contributed by atoms with Crippen LogP contribution >= 0.6 is 0 Å². The van der Waals surface area contributed by atoms with Crippen LogP contribution in [-0.4, -0.2) is 7.05 Å². The summed E-state index contributed by atoms with van der Waals surface area (Å²) in [6.07, 6.45) is 14.6. The number of hydrogen-bond acceptors (Lipinski definition) is 5. The lowest BCUT2D eigenvalue weighted by Crippen LogP contribution is -2.19. The molecule has 5 nitrogen and oxygen atoms in total. The highest BCUT2D eigenvalue weighted by molar-refractivity contribution is 5.93. The fourth-order valence-corrected chi connectivity index (χ4v) is 5.44. The average molecular weight is 626 g/mol. The molecular formula is C42H51N5. The van der Waals surface area contributed by atoms with Gasteiger partial charge in [0.05, 0.1) is 17.3 Å². The van der Waals surface area contributed by atoms with Gasteiger partial charge in [-0.05, 0) is 89.1 Å². The zero-order chi connectivity index (χ0) is 34.6. The van der Waals surface area contributed by atoms with Gasteiger partial charge in [0, 0.05) is 30.4 Å². The number of fused-ring (bicyclic) bond motifs is 1. The number of nitrogen functional groups attached to an aromatic ring is 1. The molecule has 0 radical (unpaired) electrons. The second kappa shape index (κ2) is 20.8. The van der Waals surface area contributed by atoms with Gasteiger partial charge in [-0.15, -0.1) is 6.58 Å². The van der Waals surface area contributed by atoms with Crippen molar-refractivity contribution in [3.8, 4) is 6.07 Å². The Bertz CT molecular complexity index is 1690. The van der Waals surface area contributed by atoms with Gasteiger partial charge in [-0.3, -0.25) is 11.7 Å². The fraction of sp³-hybridized carbons (Fsp3) is 0.214. The predicted octanol–water partition coefficient (Wildman–Crippen LogP) is 9.92. The fourth-order valence-electron chi connectivity index (χ4n) is 5.44. The van der Waals surface area contributed by atoms with Crippen molar-refractivity contribution in [2.75, 3.05) is 17.7 Å². The molecule has 4 aromatic carbocycles. The van der Waals surface area contributed by atoms with E-state index in [9.17, 15) is 5.26 Å². The van der Waals surface area contributed by atoms with Crippen LogP contribution in [0.1, 0.15) is 73.9 Å². The lowest BCUT2D eigenvalue weighted by atomic mass is 9.78. The topological polar surface area (TPSA) is 105 Å². The molecule has 0 unspecified atom stereocenters. The highest BCUT2D eigenvalue weighted by Gasteiger charge is 2.28. The van der Waals surface area contributed by atoms with Gasteiger partial charge in [0.1, 0.15) is 0 Å². The van der Waals surface area contributed by atoms with Gasteiger partial charge in [-0.1, -0.05) is 113 Å². The molecule has 0 atom stereocenters. The molecule has 5 heteroatoms. The van der Waals surface area contributed by atoms with Crippen LogP contribution in [0.4, 0.5) is 17.1 Å². The molecule has 47 heavy (non-hydrogen) atoms. The minimum Gasteiger partial charge on any atom is -0.399 e. The van der Waals surface area contributed by atoms with Crippen molar-refractivity contribution in [2.45, 2.75) is 53.4 Å². The van der Waals surface area contributed by atoms with E-state index in [0.29, 0.717) is 5.56 Å². The maximum atomic E-state index is 9.23. The van der Waals surface area contributed by atoms with Gasteiger partial charge in [0.2, 0.25) is 0 Å². The van der Waals surface area contributed by atoms with E-state index >= 15 is 0 Å². The third kappa shape index (κ3) is 10.4. The quantitative estimate of drug-likeness (QED) is 0.0820. The van der Waals surface area contributed by atoms with E-state index < -0.39 is 0 Å². The van der Waals surface area contributed by atoms with Crippen molar-refractivity contribution in [3.63, 3.8) is 0 Å². The van der Waals surface area contributed by atoms with Crippen molar-refractivity contribution >= 4 is 28.2 Å². The highest BCUT2D eigenvalue weighted by Crippen LogP contribution is 2.47. The number of benzene rings is 4. The number of rotatable bonds is 7. The summed E-state index contributed by atoms with van der Waals surface area (Å²) in [4.78, 5) is 2.35. The molecular weight excluding hydrogens is 574 g/mol. The van der Waals surface area contributed by atoms with E-state index in [2.05, 4.69) is 103 Å². The average Bonchev–Trinajstić information content (AvgIpc) is 3.67. The molecule has 0 saturated heterocycles. The van der Waals surface area contributed by atoms with Crippen LogP contribution in [0.15, 0.2) is 128 Å². The molecule has 0 heterocycles. The molecule has 0 fully saturated rings. The van der Waals surface area contributed by atoms with Crippen LogP contribution in [0, 0.1) is 11.3 Å². The van der Waals surface area contributed by atoms with E-state index in [-0.39, 0.29) is 0 Å². The second-order valence-corrected chi connectivity index (χ2v) is 10.4. The van der Waals surface area contributed by atoms with Gasteiger partial charge >= 0.3 is 0 Å². The number of anilines is 3. The van der Waals surface area contributed by atoms with Crippen LogP contribution in [0.5, 0.6) is 0 Å². The number of hydrazine groups is 1. The zero-order valence-corrected chi connectivity index (χ0v) is 28.7. The van der Waals surface area contributed by atoms with Crippen LogP contribution in [-0.2, 0) is 12.8 Å². The van der Waals surface area contributed by atoms with Crippen molar-refractivity contribution in [1.29, 1.82) is 5.26 Å². The van der Waals surface area contributed by atoms with Crippen LogP contribution in [0.3, 0.4) is 0 Å². The minimum absolute atomic E-state index is 0.706. The van der Waals surface area contributed by atoms with Crippen LogP contribution in [0.2, 0.25) is 0 Å². The molecule has 0 amide bonds. The molecule has 244 valence electrons. The first-order valence-corrected chi connectivity index (χ1v) is 16.3. The van der Waals surface area contributed by atoms with Gasteiger partial charge in [-0.2, -0.15) is 5.26 Å². The zero-order valence-electron chi connectivity index (χ0n) is 28.7. The molecule has 6 N–H and O–H groups in total. The molecule has 2 aliphatic rings. The summed E-state index contributed by atoms with van der Waals surface area (Å²) in [5.41, 5.74) is 18.7. The van der Waals surface area contributed by atoms with Crippen LogP contribution in [0.25, 0.3) is 11.1 Å². The standard InChI is InChI=1S/C32H28N2.C6H7N.2C2H6.H4N2/c1-3-4-12-27-21-31-29(27)16-17-30(26-13-5-6-14-26)32(31)34(2)28-15-8-10-24(20-28)18-23-9-7-11-25(19-23)22-33;7-6-4-2-1-3-5-6;3*1-2/h3,5-13,15-17,19-20H,1,4,14,18,21H2,2H3;1-5H,7H2;2*1-2H3;1-2H2/b27-12+;;;;. The summed E-state index contributed by atoms with van der Waals surface area (Å²) < 4.78 is 0. The van der Waals surface area contributed by atoms with Gasteiger partial charge in [-0.25, -0.2) is 0 Å². The molecule has 0 spiro atoms. The number of allylic oxidation sites excluding steroid dienone is 7. The first kappa shape index (κ1) is 38.0. The van der Waals surface area contributed by atoms with Gasteiger partial charge in [0.25, 0.3) is 0 Å². The van der Waals surface area contributed by atoms with E-state index in [4.69, 9.17) is 5.73 Å². The Morgan fingerprint density at radius 3 is 2.11 bits per heavy atom. The SMILES string of the molecule is C=CC/C=C1\Cc2c1ccc(C1=CC=CC1)c2N(C)c1cccc(Cc2cccc(C#N)c2)c1.CC.CC.NN.Nc1ccccc1. The number of nitrogens with zero attached hydrogens (tertiary/aromatic N) is 2. The molecule has 4 aromatic rings. The monoisotopic (exact) mass is 625 g/mol. The largest absolute Gasteiger partial charge is 0.399 e.